The summed E-state index contributed by atoms with van der Waals surface area (Å²) in [6.07, 6.45) is 2.72. The zero-order valence-corrected chi connectivity index (χ0v) is 10.2. The van der Waals surface area contributed by atoms with Crippen LogP contribution in [0.2, 0.25) is 0 Å². The number of imidazole rings is 1. The lowest BCUT2D eigenvalue weighted by Gasteiger charge is -2.20. The average molecular weight is 225 g/mol. The second kappa shape index (κ2) is 5.12. The highest BCUT2D eigenvalue weighted by molar-refractivity contribution is 5.75. The van der Waals surface area contributed by atoms with E-state index in [4.69, 9.17) is 5.73 Å². The van der Waals surface area contributed by atoms with E-state index in [0.717, 1.165) is 17.9 Å². The maximum absolute atomic E-state index is 11.4. The number of hydrogen-bond donors (Lipinski definition) is 1. The van der Waals surface area contributed by atoms with Crippen molar-refractivity contribution in [3.63, 3.8) is 0 Å². The number of nitrogens with zero attached hydrogens (tertiary/aromatic N) is 2. The van der Waals surface area contributed by atoms with Crippen molar-refractivity contribution in [2.45, 2.75) is 39.3 Å². The minimum Gasteiger partial charge on any atom is -0.468 e. The lowest BCUT2D eigenvalue weighted by molar-refractivity contribution is -0.143. The molecule has 0 aromatic carbocycles. The van der Waals surface area contributed by atoms with Crippen molar-refractivity contribution in [3.05, 3.63) is 17.7 Å². The number of ether oxygens (including phenoxy) is 1. The van der Waals surface area contributed by atoms with Crippen molar-refractivity contribution in [1.82, 2.24) is 9.55 Å². The van der Waals surface area contributed by atoms with Gasteiger partial charge in [-0.2, -0.15) is 0 Å². The molecule has 1 aromatic heterocycles. The van der Waals surface area contributed by atoms with E-state index in [1.807, 2.05) is 31.5 Å². The van der Waals surface area contributed by atoms with Gasteiger partial charge in [-0.25, -0.2) is 4.98 Å². The molecule has 2 atom stereocenters. The summed E-state index contributed by atoms with van der Waals surface area (Å²) in [5, 5.41) is 0. The van der Waals surface area contributed by atoms with Gasteiger partial charge in [0.25, 0.3) is 0 Å². The monoisotopic (exact) mass is 225 g/mol. The first-order chi connectivity index (χ1) is 7.51. The van der Waals surface area contributed by atoms with Crippen LogP contribution in [-0.4, -0.2) is 28.7 Å². The van der Waals surface area contributed by atoms with Crippen molar-refractivity contribution >= 4 is 5.97 Å². The molecule has 0 spiro atoms. The van der Waals surface area contributed by atoms with E-state index in [1.54, 1.807) is 0 Å². The molecule has 5 nitrogen and oxygen atoms in total. The highest BCUT2D eigenvalue weighted by Crippen LogP contribution is 2.15. The van der Waals surface area contributed by atoms with Gasteiger partial charge in [-0.3, -0.25) is 4.79 Å². The van der Waals surface area contributed by atoms with Gasteiger partial charge in [-0.1, -0.05) is 6.92 Å². The number of esters is 1. The minimum absolute atomic E-state index is 0.149. The van der Waals surface area contributed by atoms with Gasteiger partial charge in [0, 0.05) is 12.6 Å². The number of carbonyl (C=O) groups is 1. The van der Waals surface area contributed by atoms with Crippen LogP contribution < -0.4 is 5.73 Å². The van der Waals surface area contributed by atoms with Gasteiger partial charge in [0.05, 0.1) is 18.8 Å². The fourth-order valence-corrected chi connectivity index (χ4v) is 1.69. The molecule has 2 N–H and O–H groups in total. The van der Waals surface area contributed by atoms with Gasteiger partial charge in [0.15, 0.2) is 0 Å². The second-order valence-corrected chi connectivity index (χ2v) is 3.85. The number of nitrogens with two attached hydrogens (primary N) is 1. The van der Waals surface area contributed by atoms with Crippen LogP contribution in [0.1, 0.15) is 31.4 Å². The molecule has 0 aliphatic rings. The molecule has 1 aromatic rings. The third kappa shape index (κ3) is 2.41. The third-order valence-corrected chi connectivity index (χ3v) is 2.68. The van der Waals surface area contributed by atoms with Crippen molar-refractivity contribution < 1.29 is 9.53 Å². The third-order valence-electron chi connectivity index (χ3n) is 2.68. The Hall–Kier alpha value is -1.36. The molecule has 0 aliphatic carbocycles. The van der Waals surface area contributed by atoms with Crippen LogP contribution in [-0.2, 0) is 16.0 Å². The number of rotatable bonds is 4. The minimum atomic E-state index is -0.663. The van der Waals surface area contributed by atoms with Gasteiger partial charge < -0.3 is 15.0 Å². The first kappa shape index (κ1) is 12.7. The molecule has 1 heterocycles. The summed E-state index contributed by atoms with van der Waals surface area (Å²) in [6, 6.07) is -0.813. The first-order valence-electron chi connectivity index (χ1n) is 5.39. The fraction of sp³-hybridized carbons (Fsp3) is 0.636. The fourth-order valence-electron chi connectivity index (χ4n) is 1.69. The second-order valence-electron chi connectivity index (χ2n) is 3.85. The Balaban J connectivity index is 2.94. The van der Waals surface area contributed by atoms with Crippen LogP contribution in [0.3, 0.4) is 0 Å². The highest BCUT2D eigenvalue weighted by atomic mass is 16.5. The van der Waals surface area contributed by atoms with Crippen molar-refractivity contribution in [1.29, 1.82) is 0 Å². The molecule has 2 unspecified atom stereocenters. The lowest BCUT2D eigenvalue weighted by atomic mass is 10.1. The zero-order chi connectivity index (χ0) is 12.3. The van der Waals surface area contributed by atoms with E-state index in [2.05, 4.69) is 9.72 Å². The van der Waals surface area contributed by atoms with Crippen LogP contribution >= 0.6 is 0 Å². The predicted molar refractivity (Wildman–Crippen MR) is 61.0 cm³/mol. The predicted octanol–water partition coefficient (Wildman–Crippen LogP) is 0.815. The number of methoxy groups -OCH3 is 1. The number of carbonyl (C=O) groups excluding carboxylic acids is 1. The van der Waals surface area contributed by atoms with Crippen LogP contribution in [0.4, 0.5) is 0 Å². The first-order valence-corrected chi connectivity index (χ1v) is 5.39. The summed E-state index contributed by atoms with van der Waals surface area (Å²) in [4.78, 5) is 15.7. The molecule has 0 aliphatic heterocycles. The molecule has 0 bridgehead atoms. The van der Waals surface area contributed by atoms with Crippen LogP contribution in [0, 0.1) is 6.92 Å². The largest absolute Gasteiger partial charge is 0.468 e. The topological polar surface area (TPSA) is 70.1 Å². The summed E-state index contributed by atoms with van der Waals surface area (Å²) >= 11 is 0. The van der Waals surface area contributed by atoms with Gasteiger partial charge >= 0.3 is 5.97 Å². The summed E-state index contributed by atoms with van der Waals surface area (Å²) in [5.41, 5.74) is 6.74. The summed E-state index contributed by atoms with van der Waals surface area (Å²) in [6.45, 7) is 5.84. The number of aryl methyl sites for hydroxylation is 2. The summed E-state index contributed by atoms with van der Waals surface area (Å²) in [7, 11) is 1.34. The van der Waals surface area contributed by atoms with Crippen LogP contribution in [0.15, 0.2) is 6.20 Å². The van der Waals surface area contributed by atoms with Gasteiger partial charge in [-0.15, -0.1) is 0 Å². The van der Waals surface area contributed by atoms with Crippen molar-refractivity contribution in [2.24, 2.45) is 5.73 Å². The Bertz CT molecular complexity index is 373. The summed E-state index contributed by atoms with van der Waals surface area (Å²) in [5.74, 6) is 0.533. The van der Waals surface area contributed by atoms with E-state index < -0.39 is 12.0 Å². The van der Waals surface area contributed by atoms with Crippen LogP contribution in [0.25, 0.3) is 0 Å². The Morgan fingerprint density at radius 1 is 1.69 bits per heavy atom. The Labute approximate surface area is 95.6 Å². The molecular formula is C11H19N3O2. The normalized spacial score (nSPS) is 14.6. The van der Waals surface area contributed by atoms with E-state index in [-0.39, 0.29) is 6.04 Å². The SMILES string of the molecule is CCc1nc(C)cn1C(C)C(N)C(=O)OC. The standard InChI is InChI=1S/C11H19N3O2/c1-5-9-13-7(2)6-14(9)8(3)10(12)11(15)16-4/h6,8,10H,5,12H2,1-4H3. The molecule has 90 valence electrons. The Morgan fingerprint density at radius 3 is 2.81 bits per heavy atom. The number of hydrogen-bond acceptors (Lipinski definition) is 4. The van der Waals surface area contributed by atoms with Gasteiger partial charge in [-0.05, 0) is 13.8 Å². The maximum Gasteiger partial charge on any atom is 0.324 e. The lowest BCUT2D eigenvalue weighted by Crippen LogP contribution is -2.39. The van der Waals surface area contributed by atoms with E-state index >= 15 is 0 Å². The van der Waals surface area contributed by atoms with E-state index in [9.17, 15) is 4.79 Å². The molecule has 0 fully saturated rings. The zero-order valence-electron chi connectivity index (χ0n) is 10.2. The van der Waals surface area contributed by atoms with E-state index in [1.165, 1.54) is 7.11 Å². The van der Waals surface area contributed by atoms with Crippen LogP contribution in [0.5, 0.6) is 0 Å². The van der Waals surface area contributed by atoms with E-state index in [0.29, 0.717) is 0 Å². The molecule has 1 rings (SSSR count). The Morgan fingerprint density at radius 2 is 2.31 bits per heavy atom. The quantitative estimate of drug-likeness (QED) is 0.770. The molecule has 5 heteroatoms. The molecule has 0 saturated heterocycles. The van der Waals surface area contributed by atoms with Crippen molar-refractivity contribution in [3.8, 4) is 0 Å². The number of aromatic nitrogens is 2. The summed E-state index contributed by atoms with van der Waals surface area (Å²) < 4.78 is 6.58. The molecule has 0 amide bonds. The van der Waals surface area contributed by atoms with Gasteiger partial charge in [0.1, 0.15) is 11.9 Å². The van der Waals surface area contributed by atoms with Crippen molar-refractivity contribution in [2.75, 3.05) is 7.11 Å². The van der Waals surface area contributed by atoms with Gasteiger partial charge in [0.2, 0.25) is 0 Å². The molecule has 0 saturated carbocycles. The maximum atomic E-state index is 11.4. The average Bonchev–Trinajstić information content (AvgIpc) is 2.67. The molecule has 0 radical (unpaired) electrons. The molecule has 16 heavy (non-hydrogen) atoms. The highest BCUT2D eigenvalue weighted by Gasteiger charge is 2.24. The smallest absolute Gasteiger partial charge is 0.324 e. The molecular weight excluding hydrogens is 206 g/mol. The Kier molecular flexibility index (Phi) is 4.06.